The van der Waals surface area contributed by atoms with Crippen LogP contribution in [-0.4, -0.2) is 37.5 Å². The molecular weight excluding hydrogens is 535 g/mol. The van der Waals surface area contributed by atoms with E-state index in [1.165, 1.54) is 0 Å². The van der Waals surface area contributed by atoms with E-state index >= 15 is 0 Å². The summed E-state index contributed by atoms with van der Waals surface area (Å²) in [5.74, 6) is 0.293. The summed E-state index contributed by atoms with van der Waals surface area (Å²) in [6.07, 6.45) is 0.295. The molecule has 0 aliphatic carbocycles. The number of hydrogen-bond donors (Lipinski definition) is 2. The minimum absolute atomic E-state index is 0. The summed E-state index contributed by atoms with van der Waals surface area (Å²) in [4.78, 5) is 18.2. The molecule has 0 fully saturated rings. The third-order valence-corrected chi connectivity index (χ3v) is 4.75. The number of aliphatic imine (C=N–C) groups is 1. The first kappa shape index (κ1) is 24.4. The standard InChI is InChI=1S/C20H25BrN4O2.HI/c1-25(13-15-7-3-5-9-17(15)21)19(26)11-12-23-20(22)24-18-10-6-4-8-16(18)14-27-2;/h3-10H,11-14H2,1-2H3,(H3,22,23,24);1H. The monoisotopic (exact) mass is 560 g/mol. The Balaban J connectivity index is 0.00000392. The van der Waals surface area contributed by atoms with Gasteiger partial charge in [-0.15, -0.1) is 24.0 Å². The molecule has 0 atom stereocenters. The van der Waals surface area contributed by atoms with E-state index < -0.39 is 0 Å². The minimum Gasteiger partial charge on any atom is -0.380 e. The smallest absolute Gasteiger partial charge is 0.224 e. The van der Waals surface area contributed by atoms with Crippen LogP contribution in [0.3, 0.4) is 0 Å². The van der Waals surface area contributed by atoms with E-state index in [2.05, 4.69) is 26.2 Å². The second kappa shape index (κ2) is 12.7. The van der Waals surface area contributed by atoms with Crippen LogP contribution in [0.15, 0.2) is 58.0 Å². The van der Waals surface area contributed by atoms with Crippen molar-refractivity contribution in [2.45, 2.75) is 19.6 Å². The number of anilines is 1. The fraction of sp³-hybridized carbons (Fsp3) is 0.300. The van der Waals surface area contributed by atoms with Gasteiger partial charge in [0.1, 0.15) is 0 Å². The van der Waals surface area contributed by atoms with Crippen molar-refractivity contribution in [3.63, 3.8) is 0 Å². The SMILES string of the molecule is COCc1ccccc1NC(N)=NCCC(=O)N(C)Cc1ccccc1Br.I. The number of carbonyl (C=O) groups excluding carboxylic acids is 1. The van der Waals surface area contributed by atoms with Crippen molar-refractivity contribution < 1.29 is 9.53 Å². The van der Waals surface area contributed by atoms with Crippen molar-refractivity contribution in [3.05, 3.63) is 64.1 Å². The second-order valence-electron chi connectivity index (χ2n) is 6.07. The molecule has 2 rings (SSSR count). The Bertz CT molecular complexity index is 801. The molecule has 0 aliphatic heterocycles. The molecule has 28 heavy (non-hydrogen) atoms. The van der Waals surface area contributed by atoms with Gasteiger partial charge in [-0.2, -0.15) is 0 Å². The van der Waals surface area contributed by atoms with Crippen LogP contribution in [0.2, 0.25) is 0 Å². The predicted molar refractivity (Wildman–Crippen MR) is 128 cm³/mol. The van der Waals surface area contributed by atoms with Gasteiger partial charge in [0.05, 0.1) is 13.2 Å². The summed E-state index contributed by atoms with van der Waals surface area (Å²) in [5.41, 5.74) is 8.84. The van der Waals surface area contributed by atoms with Crippen LogP contribution >= 0.6 is 39.9 Å². The first-order valence-electron chi connectivity index (χ1n) is 8.62. The number of benzene rings is 2. The minimum atomic E-state index is 0. The Morgan fingerprint density at radius 1 is 1.18 bits per heavy atom. The Hall–Kier alpha value is -1.65. The molecule has 0 unspecified atom stereocenters. The maximum Gasteiger partial charge on any atom is 0.224 e. The zero-order valence-corrected chi connectivity index (χ0v) is 19.9. The lowest BCUT2D eigenvalue weighted by atomic mass is 10.2. The van der Waals surface area contributed by atoms with E-state index in [-0.39, 0.29) is 35.8 Å². The van der Waals surface area contributed by atoms with Crippen LogP contribution in [0, 0.1) is 0 Å². The Kier molecular flexibility index (Phi) is 11.1. The van der Waals surface area contributed by atoms with Gasteiger partial charge in [-0.05, 0) is 17.7 Å². The number of guanidine groups is 1. The average Bonchev–Trinajstić information content (AvgIpc) is 2.65. The van der Waals surface area contributed by atoms with Crippen molar-refractivity contribution in [2.75, 3.05) is 26.0 Å². The number of methoxy groups -OCH3 is 1. The summed E-state index contributed by atoms with van der Waals surface area (Å²) in [6.45, 7) is 1.35. The van der Waals surface area contributed by atoms with Crippen molar-refractivity contribution in [2.24, 2.45) is 10.7 Å². The van der Waals surface area contributed by atoms with Gasteiger partial charge < -0.3 is 20.7 Å². The molecule has 0 radical (unpaired) electrons. The van der Waals surface area contributed by atoms with Crippen molar-refractivity contribution >= 4 is 57.5 Å². The molecule has 0 spiro atoms. The van der Waals surface area contributed by atoms with Gasteiger partial charge in [-0.25, -0.2) is 0 Å². The van der Waals surface area contributed by atoms with Gasteiger partial charge in [-0.1, -0.05) is 52.3 Å². The van der Waals surface area contributed by atoms with E-state index in [4.69, 9.17) is 10.5 Å². The maximum absolute atomic E-state index is 12.3. The van der Waals surface area contributed by atoms with E-state index in [0.29, 0.717) is 26.1 Å². The fourth-order valence-corrected chi connectivity index (χ4v) is 2.94. The number of nitrogens with one attached hydrogen (secondary N) is 1. The number of hydrogen-bond acceptors (Lipinski definition) is 3. The van der Waals surface area contributed by atoms with Crippen LogP contribution in [0.4, 0.5) is 5.69 Å². The number of nitrogens with two attached hydrogens (primary N) is 1. The molecule has 2 aromatic carbocycles. The van der Waals surface area contributed by atoms with Crippen molar-refractivity contribution in [1.29, 1.82) is 0 Å². The number of nitrogens with zero attached hydrogens (tertiary/aromatic N) is 2. The first-order chi connectivity index (χ1) is 13.0. The number of rotatable bonds is 8. The van der Waals surface area contributed by atoms with Crippen LogP contribution in [0.25, 0.3) is 0 Å². The molecule has 0 saturated carbocycles. The molecular formula is C20H26BrIN4O2. The zero-order chi connectivity index (χ0) is 19.6. The van der Waals surface area contributed by atoms with E-state index in [0.717, 1.165) is 21.3 Å². The predicted octanol–water partition coefficient (Wildman–Crippen LogP) is 3.99. The number of carbonyl (C=O) groups is 1. The van der Waals surface area contributed by atoms with Crippen molar-refractivity contribution in [1.82, 2.24) is 4.90 Å². The topological polar surface area (TPSA) is 80.0 Å². The summed E-state index contributed by atoms with van der Waals surface area (Å²) >= 11 is 3.50. The van der Waals surface area contributed by atoms with Gasteiger partial charge in [0, 0.05) is 42.8 Å². The Morgan fingerprint density at radius 2 is 1.82 bits per heavy atom. The van der Waals surface area contributed by atoms with Crippen LogP contribution in [0.5, 0.6) is 0 Å². The van der Waals surface area contributed by atoms with Crippen LogP contribution in [-0.2, 0) is 22.7 Å². The Labute approximate surface area is 191 Å². The van der Waals surface area contributed by atoms with Crippen molar-refractivity contribution in [3.8, 4) is 0 Å². The molecule has 0 saturated heterocycles. The largest absolute Gasteiger partial charge is 0.380 e. The molecule has 0 bridgehead atoms. The lowest BCUT2D eigenvalue weighted by Gasteiger charge is -2.17. The normalized spacial score (nSPS) is 10.9. The molecule has 152 valence electrons. The highest BCUT2D eigenvalue weighted by Crippen LogP contribution is 2.18. The molecule has 0 heterocycles. The van der Waals surface area contributed by atoms with Gasteiger partial charge in [0.15, 0.2) is 5.96 Å². The summed E-state index contributed by atoms with van der Waals surface area (Å²) < 4.78 is 6.16. The summed E-state index contributed by atoms with van der Waals surface area (Å²) in [5, 5.41) is 3.06. The Morgan fingerprint density at radius 3 is 2.50 bits per heavy atom. The van der Waals surface area contributed by atoms with E-state index in [9.17, 15) is 4.79 Å². The third kappa shape index (κ3) is 7.76. The maximum atomic E-state index is 12.3. The molecule has 1 amide bonds. The van der Waals surface area contributed by atoms with Gasteiger partial charge in [-0.3, -0.25) is 9.79 Å². The lowest BCUT2D eigenvalue weighted by Crippen LogP contribution is -2.28. The molecule has 8 heteroatoms. The average molecular weight is 561 g/mol. The summed E-state index contributed by atoms with van der Waals surface area (Å²) in [7, 11) is 3.43. The van der Waals surface area contributed by atoms with E-state index in [1.807, 2.05) is 48.5 Å². The molecule has 3 N–H and O–H groups in total. The number of amides is 1. The second-order valence-corrected chi connectivity index (χ2v) is 6.93. The number of halogens is 2. The molecule has 2 aromatic rings. The highest BCUT2D eigenvalue weighted by Gasteiger charge is 2.10. The molecule has 0 aromatic heterocycles. The number of para-hydroxylation sites is 1. The first-order valence-corrected chi connectivity index (χ1v) is 9.41. The fourth-order valence-electron chi connectivity index (χ4n) is 2.53. The molecule has 6 nitrogen and oxygen atoms in total. The number of ether oxygens (including phenoxy) is 1. The molecule has 0 aliphatic rings. The third-order valence-electron chi connectivity index (χ3n) is 3.98. The summed E-state index contributed by atoms with van der Waals surface area (Å²) in [6, 6.07) is 15.6. The zero-order valence-electron chi connectivity index (χ0n) is 16.0. The quantitative estimate of drug-likeness (QED) is 0.291. The van der Waals surface area contributed by atoms with Gasteiger partial charge in [0.2, 0.25) is 5.91 Å². The van der Waals surface area contributed by atoms with E-state index in [1.54, 1.807) is 19.1 Å². The van der Waals surface area contributed by atoms with Crippen LogP contribution in [0.1, 0.15) is 17.5 Å². The van der Waals surface area contributed by atoms with Gasteiger partial charge >= 0.3 is 0 Å². The van der Waals surface area contributed by atoms with Crippen LogP contribution < -0.4 is 11.1 Å². The highest BCUT2D eigenvalue weighted by molar-refractivity contribution is 14.0. The lowest BCUT2D eigenvalue weighted by molar-refractivity contribution is -0.130. The highest BCUT2D eigenvalue weighted by atomic mass is 127. The van der Waals surface area contributed by atoms with Gasteiger partial charge in [0.25, 0.3) is 0 Å².